The number of aryl methyl sites for hydroxylation is 1. The summed E-state index contributed by atoms with van der Waals surface area (Å²) < 4.78 is 12.6. The third-order valence-electron chi connectivity index (χ3n) is 7.57. The van der Waals surface area contributed by atoms with Crippen molar-refractivity contribution in [2.24, 2.45) is 5.92 Å². The number of nitrogens with zero attached hydrogens (tertiary/aromatic N) is 3. The van der Waals surface area contributed by atoms with Crippen LogP contribution in [0.3, 0.4) is 0 Å². The number of benzene rings is 3. The second-order valence-corrected chi connectivity index (χ2v) is 10.6. The fourth-order valence-electron chi connectivity index (χ4n) is 5.17. The summed E-state index contributed by atoms with van der Waals surface area (Å²) in [5.41, 5.74) is 6.41. The fraction of sp³-hybridized carbons (Fsp3) is 0.286. The van der Waals surface area contributed by atoms with E-state index in [9.17, 15) is 9.90 Å². The highest BCUT2D eigenvalue weighted by molar-refractivity contribution is 5.71. The number of carboxylic acid groups (broad SMARTS) is 1. The van der Waals surface area contributed by atoms with Crippen molar-refractivity contribution in [3.8, 4) is 40.0 Å². The molecular formula is C35H35N3O4. The molecule has 3 aromatic carbocycles. The van der Waals surface area contributed by atoms with Crippen molar-refractivity contribution < 1.29 is 19.4 Å². The molecule has 2 heterocycles. The third kappa shape index (κ3) is 6.72. The highest BCUT2D eigenvalue weighted by atomic mass is 16.5. The van der Waals surface area contributed by atoms with E-state index in [4.69, 9.17) is 19.7 Å². The molecule has 7 heteroatoms. The molecular weight excluding hydrogens is 526 g/mol. The van der Waals surface area contributed by atoms with Gasteiger partial charge in [-0.25, -0.2) is 4.98 Å². The minimum Gasteiger partial charge on any atom is -0.493 e. The van der Waals surface area contributed by atoms with Gasteiger partial charge in [-0.3, -0.25) is 4.79 Å². The van der Waals surface area contributed by atoms with Crippen LogP contribution >= 0.6 is 0 Å². The van der Waals surface area contributed by atoms with Crippen LogP contribution in [-0.4, -0.2) is 35.8 Å². The molecule has 7 nitrogen and oxygen atoms in total. The quantitative estimate of drug-likeness (QED) is 0.218. The van der Waals surface area contributed by atoms with Crippen LogP contribution in [0.25, 0.3) is 22.4 Å². The predicted molar refractivity (Wildman–Crippen MR) is 164 cm³/mol. The number of aliphatic carboxylic acids is 1. The van der Waals surface area contributed by atoms with Crippen molar-refractivity contribution >= 4 is 11.8 Å². The van der Waals surface area contributed by atoms with Crippen LogP contribution < -0.4 is 14.4 Å². The molecule has 0 saturated carbocycles. The average Bonchev–Trinajstić information content (AvgIpc) is 3.03. The zero-order chi connectivity index (χ0) is 29.5. The van der Waals surface area contributed by atoms with Crippen molar-refractivity contribution in [2.45, 2.75) is 39.7 Å². The number of carbonyl (C=O) groups is 1. The van der Waals surface area contributed by atoms with Gasteiger partial charge in [-0.05, 0) is 79.8 Å². The van der Waals surface area contributed by atoms with E-state index in [0.29, 0.717) is 44.7 Å². The molecule has 0 unspecified atom stereocenters. The summed E-state index contributed by atoms with van der Waals surface area (Å²) in [7, 11) is 0. The van der Waals surface area contributed by atoms with Crippen molar-refractivity contribution in [3.63, 3.8) is 0 Å². The van der Waals surface area contributed by atoms with E-state index in [1.54, 1.807) is 0 Å². The van der Waals surface area contributed by atoms with E-state index in [2.05, 4.69) is 24.0 Å². The number of rotatable bonds is 10. The summed E-state index contributed by atoms with van der Waals surface area (Å²) in [4.78, 5) is 18.5. The van der Waals surface area contributed by atoms with Gasteiger partial charge in [0.15, 0.2) is 0 Å². The number of hydrogen-bond donors (Lipinski definition) is 1. The molecule has 0 aliphatic carbocycles. The lowest BCUT2D eigenvalue weighted by Gasteiger charge is -2.31. The Morgan fingerprint density at radius 3 is 2.45 bits per heavy atom. The SMILES string of the molecule is CCCOc1cc(-c2ccc(C#N)cc2)ccc1COc1ccc(C)cc1-c1cccc(N2CCC(C(=O)O)CC2)n1. The van der Waals surface area contributed by atoms with Gasteiger partial charge >= 0.3 is 5.97 Å². The molecule has 0 spiro atoms. The maximum absolute atomic E-state index is 11.4. The zero-order valence-corrected chi connectivity index (χ0v) is 24.0. The summed E-state index contributed by atoms with van der Waals surface area (Å²) in [6, 6.07) is 27.9. The minimum atomic E-state index is -0.718. The van der Waals surface area contributed by atoms with Crippen LogP contribution in [0, 0.1) is 24.2 Å². The number of carboxylic acids is 1. The van der Waals surface area contributed by atoms with Crippen LogP contribution in [-0.2, 0) is 11.4 Å². The number of pyridine rings is 1. The highest BCUT2D eigenvalue weighted by Crippen LogP contribution is 2.34. The Kier molecular flexibility index (Phi) is 9.03. The molecule has 0 radical (unpaired) electrons. The summed E-state index contributed by atoms with van der Waals surface area (Å²) in [6.45, 7) is 6.39. The number of piperidine rings is 1. The van der Waals surface area contributed by atoms with Gasteiger partial charge in [0.25, 0.3) is 0 Å². The van der Waals surface area contributed by atoms with Crippen LogP contribution in [0.2, 0.25) is 0 Å². The standard InChI is InChI=1S/C35H35N3O4/c1-3-19-41-33-21-28(26-10-8-25(22-36)9-11-26)12-13-29(33)23-42-32-14-7-24(2)20-30(32)31-5-4-6-34(37-31)38-17-15-27(16-18-38)35(39)40/h4-14,20-21,27H,3,15-19,23H2,1-2H3,(H,39,40). The first kappa shape index (κ1) is 28.7. The maximum atomic E-state index is 11.4. The second-order valence-electron chi connectivity index (χ2n) is 10.6. The first-order valence-corrected chi connectivity index (χ1v) is 14.4. The molecule has 1 aliphatic rings. The van der Waals surface area contributed by atoms with Gasteiger partial charge < -0.3 is 19.5 Å². The molecule has 4 aromatic rings. The van der Waals surface area contributed by atoms with E-state index in [0.717, 1.165) is 57.2 Å². The Morgan fingerprint density at radius 1 is 0.976 bits per heavy atom. The van der Waals surface area contributed by atoms with E-state index in [1.807, 2.05) is 79.7 Å². The lowest BCUT2D eigenvalue weighted by Crippen LogP contribution is -2.36. The van der Waals surface area contributed by atoms with Gasteiger partial charge in [0.05, 0.1) is 29.9 Å². The van der Waals surface area contributed by atoms with Gasteiger partial charge in [-0.15, -0.1) is 0 Å². The number of ether oxygens (including phenoxy) is 2. The molecule has 214 valence electrons. The van der Waals surface area contributed by atoms with Gasteiger partial charge in [-0.2, -0.15) is 5.26 Å². The lowest BCUT2D eigenvalue weighted by atomic mass is 9.97. The molecule has 0 atom stereocenters. The van der Waals surface area contributed by atoms with Crippen molar-refractivity contribution in [1.82, 2.24) is 4.98 Å². The van der Waals surface area contributed by atoms with Gasteiger partial charge in [-0.1, -0.05) is 48.9 Å². The summed E-state index contributed by atoms with van der Waals surface area (Å²) >= 11 is 0. The van der Waals surface area contributed by atoms with Crippen LogP contribution in [0.5, 0.6) is 11.5 Å². The summed E-state index contributed by atoms with van der Waals surface area (Å²) in [6.07, 6.45) is 2.12. The van der Waals surface area contributed by atoms with Crippen LogP contribution in [0.1, 0.15) is 42.9 Å². The molecule has 0 amide bonds. The zero-order valence-electron chi connectivity index (χ0n) is 24.0. The average molecular weight is 562 g/mol. The predicted octanol–water partition coefficient (Wildman–Crippen LogP) is 7.26. The third-order valence-corrected chi connectivity index (χ3v) is 7.57. The first-order valence-electron chi connectivity index (χ1n) is 14.4. The molecule has 1 aromatic heterocycles. The Bertz CT molecular complexity index is 1590. The maximum Gasteiger partial charge on any atom is 0.306 e. The van der Waals surface area contributed by atoms with Crippen molar-refractivity contribution in [2.75, 3.05) is 24.6 Å². The van der Waals surface area contributed by atoms with E-state index in [-0.39, 0.29) is 5.92 Å². The highest BCUT2D eigenvalue weighted by Gasteiger charge is 2.25. The molecule has 1 fully saturated rings. The van der Waals surface area contributed by atoms with Crippen LogP contribution in [0.4, 0.5) is 5.82 Å². The Morgan fingerprint density at radius 2 is 1.74 bits per heavy atom. The summed E-state index contributed by atoms with van der Waals surface area (Å²) in [5.74, 6) is 1.35. The lowest BCUT2D eigenvalue weighted by molar-refractivity contribution is -0.142. The minimum absolute atomic E-state index is 0.286. The van der Waals surface area contributed by atoms with Gasteiger partial charge in [0.1, 0.15) is 23.9 Å². The molecule has 0 bridgehead atoms. The number of nitriles is 1. The molecule has 1 N–H and O–H groups in total. The first-order chi connectivity index (χ1) is 20.4. The molecule has 1 saturated heterocycles. The van der Waals surface area contributed by atoms with E-state index >= 15 is 0 Å². The molecule has 1 aliphatic heterocycles. The van der Waals surface area contributed by atoms with Crippen molar-refractivity contribution in [3.05, 3.63) is 95.6 Å². The Balaban J connectivity index is 1.37. The summed E-state index contributed by atoms with van der Waals surface area (Å²) in [5, 5.41) is 18.5. The monoisotopic (exact) mass is 561 g/mol. The normalized spacial score (nSPS) is 13.4. The van der Waals surface area contributed by atoms with E-state index in [1.165, 1.54) is 0 Å². The van der Waals surface area contributed by atoms with Crippen molar-refractivity contribution in [1.29, 1.82) is 5.26 Å². The van der Waals surface area contributed by atoms with Gasteiger partial charge in [0.2, 0.25) is 0 Å². The largest absolute Gasteiger partial charge is 0.493 e. The van der Waals surface area contributed by atoms with E-state index < -0.39 is 5.97 Å². The molecule has 5 rings (SSSR count). The Labute approximate surface area is 247 Å². The van der Waals surface area contributed by atoms with Gasteiger partial charge in [0, 0.05) is 24.2 Å². The van der Waals surface area contributed by atoms with Crippen LogP contribution in [0.15, 0.2) is 78.9 Å². The number of anilines is 1. The Hall–Kier alpha value is -4.83. The second kappa shape index (κ2) is 13.2. The topological polar surface area (TPSA) is 95.7 Å². The molecule has 42 heavy (non-hydrogen) atoms. The fourth-order valence-corrected chi connectivity index (χ4v) is 5.17. The number of aromatic nitrogens is 1. The number of hydrogen-bond acceptors (Lipinski definition) is 6. The smallest absolute Gasteiger partial charge is 0.306 e.